The number of benzene rings is 1. The molecule has 2 aromatic rings. The molecule has 1 heterocycles. The summed E-state index contributed by atoms with van der Waals surface area (Å²) < 4.78 is 7.31. The van der Waals surface area contributed by atoms with Crippen LogP contribution in [0.4, 0.5) is 0 Å². The summed E-state index contributed by atoms with van der Waals surface area (Å²) in [6.07, 6.45) is 4.08. The van der Waals surface area contributed by atoms with Gasteiger partial charge in [-0.15, -0.1) is 0 Å². The van der Waals surface area contributed by atoms with E-state index in [1.807, 2.05) is 47.3 Å². The third kappa shape index (κ3) is 5.64. The number of rotatable bonds is 5. The van der Waals surface area contributed by atoms with Crippen LogP contribution in [0.3, 0.4) is 0 Å². The van der Waals surface area contributed by atoms with Gasteiger partial charge >= 0.3 is 17.9 Å². The van der Waals surface area contributed by atoms with E-state index in [4.69, 9.17) is 35.4 Å². The maximum absolute atomic E-state index is 11.1. The van der Waals surface area contributed by atoms with Gasteiger partial charge in [0.15, 0.2) is 0 Å². The van der Waals surface area contributed by atoms with Gasteiger partial charge in [0.05, 0.1) is 12.8 Å². The second-order valence-corrected chi connectivity index (χ2v) is 5.61. The number of carboxylic acid groups (broad SMARTS) is 3. The highest BCUT2D eigenvalue weighted by Gasteiger charge is 2.28. The topological polar surface area (TPSA) is 152 Å². The summed E-state index contributed by atoms with van der Waals surface area (Å²) >= 11 is 0. The molecular formula is C17H20N2O7. The lowest BCUT2D eigenvalue weighted by atomic mass is 9.94. The predicted molar refractivity (Wildman–Crippen MR) is 91.5 cm³/mol. The predicted octanol–water partition coefficient (Wildman–Crippen LogP) is 0.986. The van der Waals surface area contributed by atoms with Crippen LogP contribution >= 0.6 is 0 Å². The van der Waals surface area contributed by atoms with Crippen molar-refractivity contribution in [3.05, 3.63) is 48.3 Å². The van der Waals surface area contributed by atoms with E-state index >= 15 is 0 Å². The zero-order chi connectivity index (χ0) is 19.9. The van der Waals surface area contributed by atoms with Crippen molar-refractivity contribution >= 4 is 17.9 Å². The number of nitrogens with zero attached hydrogens (tertiary/aromatic N) is 1. The van der Waals surface area contributed by atoms with E-state index in [0.717, 1.165) is 11.3 Å². The molecule has 0 aliphatic rings. The summed E-state index contributed by atoms with van der Waals surface area (Å²) in [4.78, 5) is 29.3. The van der Waals surface area contributed by atoms with Crippen molar-refractivity contribution in [3.63, 3.8) is 0 Å². The summed E-state index contributed by atoms with van der Waals surface area (Å²) in [6, 6.07) is 9.44. The molecule has 0 radical (unpaired) electrons. The lowest BCUT2D eigenvalue weighted by Crippen LogP contribution is -2.46. The van der Waals surface area contributed by atoms with Crippen LogP contribution in [0.2, 0.25) is 0 Å². The molecule has 140 valence electrons. The van der Waals surface area contributed by atoms with Gasteiger partial charge in [-0.3, -0.25) is 4.79 Å². The van der Waals surface area contributed by atoms with Gasteiger partial charge in [0.25, 0.3) is 0 Å². The Balaban J connectivity index is 0.000000487. The Morgan fingerprint density at radius 2 is 1.65 bits per heavy atom. The SMILES string of the molecule is COc1cc(C[C@](C)(N)C(=O)O)ccc1-n1cccc1.O=C(O)C(=O)O. The molecule has 2 rings (SSSR count). The standard InChI is InChI=1S/C15H18N2O3.C2H2O4/c1-15(16,14(18)19)10-11-5-6-12(13(9-11)20-2)17-7-3-4-8-17;3-1(4)2(5)6/h3-9H,10,16H2,1-2H3,(H,18,19);(H,3,4)(H,5,6)/t15-;/m0./s1. The normalized spacial score (nSPS) is 12.3. The number of nitrogens with two attached hydrogens (primary N) is 1. The van der Waals surface area contributed by atoms with Crippen LogP contribution in [-0.2, 0) is 20.8 Å². The van der Waals surface area contributed by atoms with Crippen molar-refractivity contribution in [2.24, 2.45) is 5.73 Å². The van der Waals surface area contributed by atoms with E-state index in [1.165, 1.54) is 6.92 Å². The van der Waals surface area contributed by atoms with Crippen molar-refractivity contribution in [1.82, 2.24) is 4.57 Å². The first kappa shape index (κ1) is 20.7. The maximum Gasteiger partial charge on any atom is 0.414 e. The molecule has 0 amide bonds. The van der Waals surface area contributed by atoms with Gasteiger partial charge in [0.2, 0.25) is 0 Å². The number of methoxy groups -OCH3 is 1. The molecule has 5 N–H and O–H groups in total. The number of ether oxygens (including phenoxy) is 1. The Bertz CT molecular complexity index is 770. The Morgan fingerprint density at radius 1 is 1.12 bits per heavy atom. The molecular weight excluding hydrogens is 344 g/mol. The number of carbonyl (C=O) groups is 3. The first-order valence-electron chi connectivity index (χ1n) is 7.37. The van der Waals surface area contributed by atoms with Gasteiger partial charge in [-0.1, -0.05) is 6.07 Å². The largest absolute Gasteiger partial charge is 0.495 e. The molecule has 9 heteroatoms. The van der Waals surface area contributed by atoms with Crippen LogP contribution in [0.25, 0.3) is 5.69 Å². The van der Waals surface area contributed by atoms with Crippen LogP contribution < -0.4 is 10.5 Å². The van der Waals surface area contributed by atoms with Crippen molar-refractivity contribution in [3.8, 4) is 11.4 Å². The van der Waals surface area contributed by atoms with E-state index in [-0.39, 0.29) is 6.42 Å². The summed E-state index contributed by atoms with van der Waals surface area (Å²) in [7, 11) is 1.59. The number of carboxylic acids is 3. The van der Waals surface area contributed by atoms with Crippen LogP contribution in [0.1, 0.15) is 12.5 Å². The number of hydrogen-bond donors (Lipinski definition) is 4. The maximum atomic E-state index is 11.1. The summed E-state index contributed by atoms with van der Waals surface area (Å²) in [6.45, 7) is 1.50. The average Bonchev–Trinajstić information content (AvgIpc) is 3.09. The van der Waals surface area contributed by atoms with Gasteiger partial charge in [0, 0.05) is 18.8 Å². The molecule has 0 unspecified atom stereocenters. The van der Waals surface area contributed by atoms with Crippen molar-refractivity contribution in [2.45, 2.75) is 18.9 Å². The fourth-order valence-electron chi connectivity index (χ4n) is 2.04. The average molecular weight is 364 g/mol. The van der Waals surface area contributed by atoms with E-state index in [2.05, 4.69) is 0 Å². The van der Waals surface area contributed by atoms with Crippen LogP contribution in [0.15, 0.2) is 42.7 Å². The minimum atomic E-state index is -1.82. The van der Waals surface area contributed by atoms with E-state index in [0.29, 0.717) is 5.75 Å². The third-order valence-electron chi connectivity index (χ3n) is 3.37. The Morgan fingerprint density at radius 3 is 2.08 bits per heavy atom. The Kier molecular flexibility index (Phi) is 6.91. The Hall–Kier alpha value is -3.33. The monoisotopic (exact) mass is 364 g/mol. The number of aliphatic carboxylic acids is 3. The molecule has 1 aromatic heterocycles. The lowest BCUT2D eigenvalue weighted by Gasteiger charge is -2.20. The van der Waals surface area contributed by atoms with Crippen LogP contribution in [-0.4, -0.2) is 50.4 Å². The molecule has 0 bridgehead atoms. The van der Waals surface area contributed by atoms with Crippen LogP contribution in [0, 0.1) is 0 Å². The molecule has 0 spiro atoms. The number of aromatic nitrogens is 1. The highest BCUT2D eigenvalue weighted by atomic mass is 16.5. The van der Waals surface area contributed by atoms with Gasteiger partial charge < -0.3 is 30.4 Å². The highest BCUT2D eigenvalue weighted by molar-refractivity contribution is 6.27. The van der Waals surface area contributed by atoms with Crippen molar-refractivity contribution in [2.75, 3.05) is 7.11 Å². The number of hydrogen-bond acceptors (Lipinski definition) is 5. The lowest BCUT2D eigenvalue weighted by molar-refractivity contribution is -0.159. The molecule has 1 atom stereocenters. The van der Waals surface area contributed by atoms with E-state index < -0.39 is 23.4 Å². The molecule has 0 saturated heterocycles. The Labute approximate surface area is 149 Å². The first-order valence-corrected chi connectivity index (χ1v) is 7.37. The fraction of sp³-hybridized carbons (Fsp3) is 0.235. The molecule has 0 aliphatic carbocycles. The fourth-order valence-corrected chi connectivity index (χ4v) is 2.04. The molecule has 1 aromatic carbocycles. The minimum Gasteiger partial charge on any atom is -0.495 e. The zero-order valence-electron chi connectivity index (χ0n) is 14.2. The van der Waals surface area contributed by atoms with E-state index in [1.54, 1.807) is 7.11 Å². The van der Waals surface area contributed by atoms with Crippen molar-refractivity contribution in [1.29, 1.82) is 0 Å². The van der Waals surface area contributed by atoms with Crippen LogP contribution in [0.5, 0.6) is 5.75 Å². The zero-order valence-corrected chi connectivity index (χ0v) is 14.2. The first-order chi connectivity index (χ1) is 12.1. The van der Waals surface area contributed by atoms with Gasteiger partial charge in [-0.05, 0) is 36.8 Å². The van der Waals surface area contributed by atoms with Gasteiger partial charge in [-0.25, -0.2) is 9.59 Å². The molecule has 0 fully saturated rings. The molecule has 26 heavy (non-hydrogen) atoms. The molecule has 0 saturated carbocycles. The van der Waals surface area contributed by atoms with Gasteiger partial charge in [0.1, 0.15) is 11.3 Å². The van der Waals surface area contributed by atoms with Gasteiger partial charge in [-0.2, -0.15) is 0 Å². The minimum absolute atomic E-state index is 0.241. The third-order valence-corrected chi connectivity index (χ3v) is 3.37. The molecule has 0 aliphatic heterocycles. The summed E-state index contributed by atoms with van der Waals surface area (Å²) in [5.74, 6) is -3.99. The molecule has 9 nitrogen and oxygen atoms in total. The second-order valence-electron chi connectivity index (χ2n) is 5.61. The smallest absolute Gasteiger partial charge is 0.414 e. The van der Waals surface area contributed by atoms with Crippen molar-refractivity contribution < 1.29 is 34.4 Å². The quantitative estimate of drug-likeness (QED) is 0.573. The van der Waals surface area contributed by atoms with E-state index in [9.17, 15) is 4.79 Å². The summed E-state index contributed by atoms with van der Waals surface area (Å²) in [5, 5.41) is 23.9. The highest BCUT2D eigenvalue weighted by Crippen LogP contribution is 2.26. The summed E-state index contributed by atoms with van der Waals surface area (Å²) in [5.41, 5.74) is 6.20. The second kappa shape index (κ2) is 8.67.